The van der Waals surface area contributed by atoms with E-state index >= 15 is 0 Å². The number of methoxy groups -OCH3 is 1. The maximum atomic E-state index is 5.17. The molecule has 0 amide bonds. The summed E-state index contributed by atoms with van der Waals surface area (Å²) < 4.78 is 5.17. The van der Waals surface area contributed by atoms with Gasteiger partial charge in [0.25, 0.3) is 0 Å². The zero-order valence-corrected chi connectivity index (χ0v) is 7.60. The maximum Gasteiger partial charge on any atom is 0.0493 e. The number of rotatable bonds is 4. The molecule has 1 N–H and O–H groups in total. The van der Waals surface area contributed by atoms with Crippen LogP contribution >= 0.6 is 0 Å². The molecule has 0 radical (unpaired) electrons. The molecule has 1 aliphatic rings. The van der Waals surface area contributed by atoms with E-state index in [0.29, 0.717) is 0 Å². The molecule has 2 atom stereocenters. The highest BCUT2D eigenvalue weighted by Crippen LogP contribution is 2.30. The van der Waals surface area contributed by atoms with E-state index in [1.54, 1.807) is 7.11 Å². The fraction of sp³-hybridized carbons (Fsp3) is 1.00. The molecule has 2 heteroatoms. The van der Waals surface area contributed by atoms with Crippen LogP contribution < -0.4 is 5.32 Å². The van der Waals surface area contributed by atoms with E-state index in [2.05, 4.69) is 5.32 Å². The third-order valence-electron chi connectivity index (χ3n) is 2.66. The van der Waals surface area contributed by atoms with Crippen molar-refractivity contribution in [3.8, 4) is 0 Å². The van der Waals surface area contributed by atoms with Crippen LogP contribution in [0, 0.1) is 11.8 Å². The van der Waals surface area contributed by atoms with Crippen molar-refractivity contribution in [1.82, 2.24) is 5.32 Å². The van der Waals surface area contributed by atoms with Gasteiger partial charge in [-0.05, 0) is 38.3 Å². The van der Waals surface area contributed by atoms with E-state index in [0.717, 1.165) is 25.0 Å². The van der Waals surface area contributed by atoms with Crippen molar-refractivity contribution in [1.29, 1.82) is 0 Å². The van der Waals surface area contributed by atoms with Gasteiger partial charge in [0.1, 0.15) is 0 Å². The van der Waals surface area contributed by atoms with Gasteiger partial charge in [-0.15, -0.1) is 0 Å². The summed E-state index contributed by atoms with van der Waals surface area (Å²) in [6, 6.07) is 0. The first-order valence-corrected chi connectivity index (χ1v) is 4.52. The molecule has 2 unspecified atom stereocenters. The lowest BCUT2D eigenvalue weighted by atomic mass is 9.97. The smallest absolute Gasteiger partial charge is 0.0493 e. The van der Waals surface area contributed by atoms with Gasteiger partial charge in [-0.2, -0.15) is 0 Å². The van der Waals surface area contributed by atoms with Crippen molar-refractivity contribution < 1.29 is 4.74 Å². The van der Waals surface area contributed by atoms with Crippen molar-refractivity contribution in [2.45, 2.75) is 19.3 Å². The molecular weight excluding hydrogens is 138 g/mol. The van der Waals surface area contributed by atoms with Crippen LogP contribution in [0.5, 0.6) is 0 Å². The topological polar surface area (TPSA) is 21.3 Å². The first kappa shape index (κ1) is 9.01. The minimum absolute atomic E-state index is 0.812. The number of hydrogen-bond acceptors (Lipinski definition) is 2. The van der Waals surface area contributed by atoms with Crippen LogP contribution in [0.2, 0.25) is 0 Å². The van der Waals surface area contributed by atoms with Crippen molar-refractivity contribution >= 4 is 0 Å². The average molecular weight is 157 g/mol. The Balaban J connectivity index is 2.25. The highest BCUT2D eigenvalue weighted by Gasteiger charge is 2.25. The standard InChI is InChI=1S/C9H19NO/c1-10-6-8-4-3-5-9(8)7-11-2/h8-10H,3-7H2,1-2H3. The van der Waals surface area contributed by atoms with Crippen molar-refractivity contribution in [3.05, 3.63) is 0 Å². The molecule has 0 aliphatic heterocycles. The number of hydrogen-bond donors (Lipinski definition) is 1. The van der Waals surface area contributed by atoms with Crippen LogP contribution in [0.1, 0.15) is 19.3 Å². The van der Waals surface area contributed by atoms with Gasteiger partial charge in [-0.1, -0.05) is 6.42 Å². The lowest BCUT2D eigenvalue weighted by Crippen LogP contribution is -2.24. The van der Waals surface area contributed by atoms with Gasteiger partial charge < -0.3 is 10.1 Å². The molecule has 1 rings (SSSR count). The Kier molecular flexibility index (Phi) is 3.87. The molecule has 66 valence electrons. The van der Waals surface area contributed by atoms with E-state index in [-0.39, 0.29) is 0 Å². The second-order valence-electron chi connectivity index (χ2n) is 3.46. The second-order valence-corrected chi connectivity index (χ2v) is 3.46. The van der Waals surface area contributed by atoms with E-state index in [1.807, 2.05) is 7.05 Å². The summed E-state index contributed by atoms with van der Waals surface area (Å²) in [5.41, 5.74) is 0. The summed E-state index contributed by atoms with van der Waals surface area (Å²) >= 11 is 0. The average Bonchev–Trinajstić information content (AvgIpc) is 2.39. The van der Waals surface area contributed by atoms with E-state index in [9.17, 15) is 0 Å². The first-order valence-electron chi connectivity index (χ1n) is 4.52. The predicted molar refractivity (Wildman–Crippen MR) is 46.6 cm³/mol. The van der Waals surface area contributed by atoms with Crippen molar-refractivity contribution in [2.24, 2.45) is 11.8 Å². The molecule has 11 heavy (non-hydrogen) atoms. The molecule has 0 bridgehead atoms. The predicted octanol–water partition coefficient (Wildman–Crippen LogP) is 1.27. The SMILES string of the molecule is CNCC1CCCC1COC. The second kappa shape index (κ2) is 4.73. The molecule has 0 aromatic carbocycles. The van der Waals surface area contributed by atoms with Crippen molar-refractivity contribution in [2.75, 3.05) is 27.3 Å². The molecule has 1 saturated carbocycles. The zero-order chi connectivity index (χ0) is 8.10. The Hall–Kier alpha value is -0.0800. The van der Waals surface area contributed by atoms with Crippen LogP contribution in [0.25, 0.3) is 0 Å². The molecule has 0 spiro atoms. The van der Waals surface area contributed by atoms with Crippen LogP contribution in [0.3, 0.4) is 0 Å². The van der Waals surface area contributed by atoms with Gasteiger partial charge in [-0.25, -0.2) is 0 Å². The fourth-order valence-corrected chi connectivity index (χ4v) is 2.08. The van der Waals surface area contributed by atoms with Gasteiger partial charge in [0.2, 0.25) is 0 Å². The largest absolute Gasteiger partial charge is 0.384 e. The lowest BCUT2D eigenvalue weighted by Gasteiger charge is -2.17. The molecule has 0 saturated heterocycles. The van der Waals surface area contributed by atoms with Gasteiger partial charge in [-0.3, -0.25) is 0 Å². The van der Waals surface area contributed by atoms with Crippen LogP contribution in [-0.4, -0.2) is 27.3 Å². The third kappa shape index (κ3) is 2.46. The Morgan fingerprint density at radius 3 is 2.73 bits per heavy atom. The minimum atomic E-state index is 0.812. The summed E-state index contributed by atoms with van der Waals surface area (Å²) in [5.74, 6) is 1.67. The first-order chi connectivity index (χ1) is 5.38. The monoisotopic (exact) mass is 157 g/mol. The van der Waals surface area contributed by atoms with Gasteiger partial charge >= 0.3 is 0 Å². The van der Waals surface area contributed by atoms with E-state index < -0.39 is 0 Å². The fourth-order valence-electron chi connectivity index (χ4n) is 2.08. The van der Waals surface area contributed by atoms with Gasteiger partial charge in [0.05, 0.1) is 0 Å². The molecule has 1 fully saturated rings. The Morgan fingerprint density at radius 2 is 2.09 bits per heavy atom. The van der Waals surface area contributed by atoms with E-state index in [1.165, 1.54) is 19.3 Å². The highest BCUT2D eigenvalue weighted by atomic mass is 16.5. The summed E-state index contributed by atoms with van der Waals surface area (Å²) in [6.07, 6.45) is 4.13. The molecular formula is C9H19NO. The quantitative estimate of drug-likeness (QED) is 0.663. The van der Waals surface area contributed by atoms with Crippen LogP contribution in [-0.2, 0) is 4.74 Å². The minimum Gasteiger partial charge on any atom is -0.384 e. The summed E-state index contributed by atoms with van der Waals surface area (Å²) in [4.78, 5) is 0. The summed E-state index contributed by atoms with van der Waals surface area (Å²) in [6.45, 7) is 2.11. The highest BCUT2D eigenvalue weighted by molar-refractivity contribution is 4.78. The third-order valence-corrected chi connectivity index (χ3v) is 2.66. The number of ether oxygens (including phenoxy) is 1. The van der Waals surface area contributed by atoms with Gasteiger partial charge in [0.15, 0.2) is 0 Å². The number of nitrogens with one attached hydrogen (secondary N) is 1. The van der Waals surface area contributed by atoms with Crippen LogP contribution in [0.4, 0.5) is 0 Å². The van der Waals surface area contributed by atoms with Crippen molar-refractivity contribution in [3.63, 3.8) is 0 Å². The molecule has 2 nitrogen and oxygen atoms in total. The zero-order valence-electron chi connectivity index (χ0n) is 7.60. The van der Waals surface area contributed by atoms with Gasteiger partial charge in [0, 0.05) is 13.7 Å². The molecule has 0 aromatic heterocycles. The summed E-state index contributed by atoms with van der Waals surface area (Å²) in [5, 5.41) is 3.24. The Labute approximate surface area is 69.3 Å². The Morgan fingerprint density at radius 1 is 1.36 bits per heavy atom. The van der Waals surface area contributed by atoms with E-state index in [4.69, 9.17) is 4.74 Å². The normalized spacial score (nSPS) is 31.1. The molecule has 0 aromatic rings. The molecule has 0 heterocycles. The van der Waals surface area contributed by atoms with Crippen LogP contribution in [0.15, 0.2) is 0 Å². The lowest BCUT2D eigenvalue weighted by molar-refractivity contribution is 0.133. The summed E-state index contributed by atoms with van der Waals surface area (Å²) in [7, 11) is 3.83. The Bertz CT molecular complexity index is 93.7. The maximum absolute atomic E-state index is 5.17. The molecule has 1 aliphatic carbocycles.